The summed E-state index contributed by atoms with van der Waals surface area (Å²) >= 11 is 0. The summed E-state index contributed by atoms with van der Waals surface area (Å²) < 4.78 is 24.0. The van der Waals surface area contributed by atoms with E-state index in [1.807, 2.05) is 6.92 Å². The minimum atomic E-state index is -1.54. The zero-order valence-corrected chi connectivity index (χ0v) is 6.45. The van der Waals surface area contributed by atoms with Crippen LogP contribution in [-0.4, -0.2) is 12.6 Å². The second-order valence-electron chi connectivity index (χ2n) is 2.85. The van der Waals surface area contributed by atoms with Gasteiger partial charge >= 0.3 is 0 Å². The Hall–Kier alpha value is -0.700. The van der Waals surface area contributed by atoms with Crippen molar-refractivity contribution in [1.29, 1.82) is 0 Å². The van der Waals surface area contributed by atoms with E-state index in [4.69, 9.17) is 0 Å². The van der Waals surface area contributed by atoms with Gasteiger partial charge in [-0.2, -0.15) is 8.78 Å². The smallest absolute Gasteiger partial charge is 0.270 e. The second kappa shape index (κ2) is 3.13. The summed E-state index contributed by atoms with van der Waals surface area (Å²) in [6.07, 6.45) is -1.13. The SMILES string of the molecule is C=C(C)C1CC(=C(F)F)CN1. The van der Waals surface area contributed by atoms with Gasteiger partial charge in [0.15, 0.2) is 0 Å². The van der Waals surface area contributed by atoms with Crippen LogP contribution in [0.1, 0.15) is 13.3 Å². The maximum Gasteiger partial charge on any atom is 0.270 e. The molecule has 1 aliphatic heterocycles. The fraction of sp³-hybridized carbons (Fsp3) is 0.500. The highest BCUT2D eigenvalue weighted by Crippen LogP contribution is 2.21. The van der Waals surface area contributed by atoms with Crippen molar-refractivity contribution in [2.24, 2.45) is 0 Å². The van der Waals surface area contributed by atoms with E-state index in [2.05, 4.69) is 11.9 Å². The molecule has 1 aliphatic rings. The fourth-order valence-corrected chi connectivity index (χ4v) is 1.13. The summed E-state index contributed by atoms with van der Waals surface area (Å²) in [7, 11) is 0. The van der Waals surface area contributed by atoms with Gasteiger partial charge in [-0.1, -0.05) is 12.2 Å². The Morgan fingerprint density at radius 3 is 2.55 bits per heavy atom. The van der Waals surface area contributed by atoms with Gasteiger partial charge in [0.2, 0.25) is 0 Å². The summed E-state index contributed by atoms with van der Waals surface area (Å²) in [5.41, 5.74) is 1.14. The predicted molar refractivity (Wildman–Crippen MR) is 40.5 cm³/mol. The minimum absolute atomic E-state index is 0.0477. The molecule has 11 heavy (non-hydrogen) atoms. The molecule has 1 fully saturated rings. The van der Waals surface area contributed by atoms with Crippen LogP contribution in [0.3, 0.4) is 0 Å². The van der Waals surface area contributed by atoms with Crippen molar-refractivity contribution in [1.82, 2.24) is 5.32 Å². The van der Waals surface area contributed by atoms with Crippen LogP contribution in [0.4, 0.5) is 8.78 Å². The molecule has 3 heteroatoms. The Labute approximate surface area is 64.8 Å². The lowest BCUT2D eigenvalue weighted by atomic mass is 10.1. The summed E-state index contributed by atoms with van der Waals surface area (Å²) in [6, 6.07) is 0.0477. The molecule has 0 aromatic rings. The van der Waals surface area contributed by atoms with Crippen LogP contribution < -0.4 is 5.32 Å². The summed E-state index contributed by atoms with van der Waals surface area (Å²) in [6.45, 7) is 5.85. The number of nitrogens with one attached hydrogen (secondary N) is 1. The highest BCUT2D eigenvalue weighted by atomic mass is 19.3. The van der Waals surface area contributed by atoms with Crippen LogP contribution in [0.15, 0.2) is 23.8 Å². The van der Waals surface area contributed by atoms with Gasteiger partial charge in [-0.05, 0) is 13.3 Å². The normalized spacial score (nSPS) is 23.9. The molecule has 0 aromatic heterocycles. The molecule has 62 valence electrons. The molecule has 1 rings (SSSR count). The van der Waals surface area contributed by atoms with Crippen LogP contribution in [0.25, 0.3) is 0 Å². The predicted octanol–water partition coefficient (Wildman–Crippen LogP) is 2.07. The molecule has 1 unspecified atom stereocenters. The van der Waals surface area contributed by atoms with Crippen LogP contribution in [-0.2, 0) is 0 Å². The Morgan fingerprint density at radius 1 is 1.64 bits per heavy atom. The number of hydrogen-bond acceptors (Lipinski definition) is 1. The lowest BCUT2D eigenvalue weighted by Gasteiger charge is -2.06. The van der Waals surface area contributed by atoms with Gasteiger partial charge in [-0.3, -0.25) is 0 Å². The topological polar surface area (TPSA) is 12.0 Å². The summed E-state index contributed by atoms with van der Waals surface area (Å²) in [5.74, 6) is 0. The minimum Gasteiger partial charge on any atom is -0.306 e. The fourth-order valence-electron chi connectivity index (χ4n) is 1.13. The van der Waals surface area contributed by atoms with Gasteiger partial charge < -0.3 is 5.32 Å². The number of hydrogen-bond donors (Lipinski definition) is 1. The lowest BCUT2D eigenvalue weighted by Crippen LogP contribution is -2.21. The quantitative estimate of drug-likeness (QED) is 0.577. The van der Waals surface area contributed by atoms with Gasteiger partial charge in [0, 0.05) is 18.2 Å². The number of rotatable bonds is 1. The van der Waals surface area contributed by atoms with Crippen molar-refractivity contribution >= 4 is 0 Å². The Kier molecular flexibility index (Phi) is 2.39. The average molecular weight is 159 g/mol. The molecule has 1 saturated heterocycles. The first-order chi connectivity index (χ1) is 5.11. The van der Waals surface area contributed by atoms with Crippen molar-refractivity contribution in [2.45, 2.75) is 19.4 Å². The molecule has 0 amide bonds. The molecule has 0 spiro atoms. The molecule has 0 aromatic carbocycles. The third-order valence-electron chi connectivity index (χ3n) is 1.87. The van der Waals surface area contributed by atoms with E-state index in [1.165, 1.54) is 0 Å². The van der Waals surface area contributed by atoms with Gasteiger partial charge in [0.25, 0.3) is 6.08 Å². The van der Waals surface area contributed by atoms with E-state index in [9.17, 15) is 8.78 Å². The Bertz CT molecular complexity index is 204. The maximum atomic E-state index is 12.0. The largest absolute Gasteiger partial charge is 0.306 e. The van der Waals surface area contributed by atoms with Crippen molar-refractivity contribution in [2.75, 3.05) is 6.54 Å². The molecule has 0 radical (unpaired) electrons. The third kappa shape index (κ3) is 1.87. The molecule has 0 saturated carbocycles. The second-order valence-corrected chi connectivity index (χ2v) is 2.85. The first kappa shape index (κ1) is 8.40. The molecule has 1 nitrogen and oxygen atoms in total. The Morgan fingerprint density at radius 2 is 2.27 bits per heavy atom. The van der Waals surface area contributed by atoms with E-state index < -0.39 is 6.08 Å². The highest BCUT2D eigenvalue weighted by molar-refractivity contribution is 5.19. The Balaban J connectivity index is 2.61. The van der Waals surface area contributed by atoms with Crippen molar-refractivity contribution < 1.29 is 8.78 Å². The van der Waals surface area contributed by atoms with Gasteiger partial charge in [0.1, 0.15) is 0 Å². The first-order valence-corrected chi connectivity index (χ1v) is 3.53. The molecule has 1 heterocycles. The third-order valence-corrected chi connectivity index (χ3v) is 1.87. The van der Waals surface area contributed by atoms with Gasteiger partial charge in [0.05, 0.1) is 0 Å². The van der Waals surface area contributed by atoms with Crippen molar-refractivity contribution in [3.63, 3.8) is 0 Å². The average Bonchev–Trinajstić information content (AvgIpc) is 2.33. The first-order valence-electron chi connectivity index (χ1n) is 3.53. The lowest BCUT2D eigenvalue weighted by molar-refractivity contribution is 0.409. The van der Waals surface area contributed by atoms with Crippen LogP contribution in [0, 0.1) is 0 Å². The summed E-state index contributed by atoms with van der Waals surface area (Å²) in [5, 5.41) is 2.95. The van der Waals surface area contributed by atoms with Crippen LogP contribution >= 0.6 is 0 Å². The molecule has 0 bridgehead atoms. The van der Waals surface area contributed by atoms with E-state index >= 15 is 0 Å². The van der Waals surface area contributed by atoms with Crippen LogP contribution in [0.5, 0.6) is 0 Å². The highest BCUT2D eigenvalue weighted by Gasteiger charge is 2.21. The monoisotopic (exact) mass is 159 g/mol. The summed E-state index contributed by atoms with van der Waals surface area (Å²) in [4.78, 5) is 0. The molecule has 1 N–H and O–H groups in total. The molecular weight excluding hydrogens is 148 g/mol. The van der Waals surface area contributed by atoms with E-state index in [0.29, 0.717) is 13.0 Å². The van der Waals surface area contributed by atoms with E-state index in [1.54, 1.807) is 0 Å². The van der Waals surface area contributed by atoms with E-state index in [-0.39, 0.29) is 11.6 Å². The van der Waals surface area contributed by atoms with Crippen molar-refractivity contribution in [3.8, 4) is 0 Å². The molecule has 1 atom stereocenters. The van der Waals surface area contributed by atoms with Gasteiger partial charge in [-0.25, -0.2) is 0 Å². The molecule has 0 aliphatic carbocycles. The standard InChI is InChI=1S/C8H11F2N/c1-5(2)7-3-6(4-11-7)8(9)10/h7,11H,1,3-4H2,2H3. The van der Waals surface area contributed by atoms with E-state index in [0.717, 1.165) is 5.57 Å². The number of halogens is 2. The zero-order valence-electron chi connectivity index (χ0n) is 6.45. The zero-order chi connectivity index (χ0) is 8.43. The maximum absolute atomic E-state index is 12.0. The van der Waals surface area contributed by atoms with Crippen LogP contribution in [0.2, 0.25) is 0 Å². The van der Waals surface area contributed by atoms with Gasteiger partial charge in [-0.15, -0.1) is 0 Å². The molecular formula is C8H11F2N. The van der Waals surface area contributed by atoms with Crippen molar-refractivity contribution in [3.05, 3.63) is 23.8 Å².